The van der Waals surface area contributed by atoms with Gasteiger partial charge >= 0.3 is 0 Å². The zero-order valence-electron chi connectivity index (χ0n) is 11.0. The lowest BCUT2D eigenvalue weighted by molar-refractivity contribution is -0.139. The zero-order chi connectivity index (χ0) is 12.6. The van der Waals surface area contributed by atoms with Gasteiger partial charge in [-0.15, -0.1) is 0 Å². The molecule has 2 aliphatic rings. The second kappa shape index (κ2) is 4.31. The molecule has 4 nitrogen and oxygen atoms in total. The minimum Gasteiger partial charge on any atom is -0.342 e. The van der Waals surface area contributed by atoms with Crippen molar-refractivity contribution in [2.75, 3.05) is 6.54 Å². The molecule has 1 heterocycles. The Morgan fingerprint density at radius 2 is 2.00 bits per heavy atom. The van der Waals surface area contributed by atoms with E-state index in [2.05, 4.69) is 12.2 Å². The van der Waals surface area contributed by atoms with Crippen LogP contribution in [0, 0.1) is 5.92 Å². The summed E-state index contributed by atoms with van der Waals surface area (Å²) in [5, 5.41) is 2.80. The average Bonchev–Trinajstić information content (AvgIpc) is 2.60. The maximum Gasteiger partial charge on any atom is 0.248 e. The van der Waals surface area contributed by atoms with Gasteiger partial charge in [0.25, 0.3) is 0 Å². The molecule has 2 rings (SSSR count). The predicted molar refractivity (Wildman–Crippen MR) is 65.4 cm³/mol. The summed E-state index contributed by atoms with van der Waals surface area (Å²) in [4.78, 5) is 25.9. The second-order valence-electron chi connectivity index (χ2n) is 5.99. The van der Waals surface area contributed by atoms with E-state index in [1.807, 2.05) is 4.90 Å². The second-order valence-corrected chi connectivity index (χ2v) is 5.99. The fourth-order valence-electron chi connectivity index (χ4n) is 2.96. The van der Waals surface area contributed by atoms with Crippen LogP contribution in [0.3, 0.4) is 0 Å². The lowest BCUT2D eigenvalue weighted by Crippen LogP contribution is -2.54. The van der Waals surface area contributed by atoms with Gasteiger partial charge in [0, 0.05) is 19.0 Å². The highest BCUT2D eigenvalue weighted by atomic mass is 16.2. The average molecular weight is 238 g/mol. The van der Waals surface area contributed by atoms with Gasteiger partial charge in [-0.1, -0.05) is 6.92 Å². The van der Waals surface area contributed by atoms with Crippen LogP contribution in [-0.2, 0) is 9.59 Å². The topological polar surface area (TPSA) is 49.4 Å². The third kappa shape index (κ3) is 2.45. The summed E-state index contributed by atoms with van der Waals surface area (Å²) in [6.45, 7) is 6.40. The smallest absolute Gasteiger partial charge is 0.248 e. The highest BCUT2D eigenvalue weighted by molar-refractivity contribution is 5.93. The van der Waals surface area contributed by atoms with Crippen LogP contribution in [0.4, 0.5) is 0 Å². The van der Waals surface area contributed by atoms with Crippen molar-refractivity contribution in [2.24, 2.45) is 5.92 Å². The number of amides is 2. The summed E-state index contributed by atoms with van der Waals surface area (Å²) >= 11 is 0. The fraction of sp³-hybridized carbons (Fsp3) is 0.846. The van der Waals surface area contributed by atoms with Gasteiger partial charge in [0.15, 0.2) is 0 Å². The van der Waals surface area contributed by atoms with Crippen molar-refractivity contribution >= 4 is 11.8 Å². The fourth-order valence-corrected chi connectivity index (χ4v) is 2.96. The normalized spacial score (nSPS) is 33.5. The summed E-state index contributed by atoms with van der Waals surface area (Å²) in [6, 6.07) is 0.337. The highest BCUT2D eigenvalue weighted by Crippen LogP contribution is 2.30. The first-order valence-electron chi connectivity index (χ1n) is 6.52. The van der Waals surface area contributed by atoms with Gasteiger partial charge in [0.05, 0.1) is 0 Å². The summed E-state index contributed by atoms with van der Waals surface area (Å²) in [5.74, 6) is 0.752. The Hall–Kier alpha value is -1.06. The first kappa shape index (κ1) is 12.4. The Labute approximate surface area is 103 Å². The lowest BCUT2D eigenvalue weighted by Gasteiger charge is -2.33. The van der Waals surface area contributed by atoms with Gasteiger partial charge < -0.3 is 10.2 Å². The number of hydrogen-bond donors (Lipinski definition) is 1. The van der Waals surface area contributed by atoms with Crippen LogP contribution in [-0.4, -0.2) is 34.8 Å². The zero-order valence-corrected chi connectivity index (χ0v) is 11.0. The number of rotatable bonds is 1. The Morgan fingerprint density at radius 3 is 2.59 bits per heavy atom. The summed E-state index contributed by atoms with van der Waals surface area (Å²) in [6.07, 6.45) is 3.78. The van der Waals surface area contributed by atoms with E-state index in [0.29, 0.717) is 24.9 Å². The number of carbonyl (C=O) groups is 2. The Kier molecular flexibility index (Phi) is 3.15. The minimum absolute atomic E-state index is 0.0168. The van der Waals surface area contributed by atoms with Gasteiger partial charge in [-0.3, -0.25) is 9.59 Å². The molecular weight excluding hydrogens is 216 g/mol. The molecule has 4 heteroatoms. The predicted octanol–water partition coefficient (Wildman–Crippen LogP) is 1.30. The van der Waals surface area contributed by atoms with Crippen molar-refractivity contribution in [1.82, 2.24) is 10.2 Å². The molecule has 1 N–H and O–H groups in total. The molecule has 0 spiro atoms. The van der Waals surface area contributed by atoms with Crippen LogP contribution in [0.2, 0.25) is 0 Å². The molecule has 1 saturated carbocycles. The first-order valence-corrected chi connectivity index (χ1v) is 6.52. The maximum atomic E-state index is 12.4. The molecule has 0 aromatic rings. The molecule has 2 unspecified atom stereocenters. The third-order valence-electron chi connectivity index (χ3n) is 3.94. The van der Waals surface area contributed by atoms with Crippen LogP contribution in [0.5, 0.6) is 0 Å². The molecule has 0 bridgehead atoms. The number of carbonyl (C=O) groups excluding carboxylic acids is 2. The first-order chi connectivity index (χ1) is 7.90. The van der Waals surface area contributed by atoms with E-state index >= 15 is 0 Å². The highest BCUT2D eigenvalue weighted by Gasteiger charge is 2.40. The Bertz CT molecular complexity index is 338. The SMILES string of the molecule is CC1CCC(N2CCC(=O)NC(C)(C)C2=O)C1. The van der Waals surface area contributed by atoms with E-state index in [-0.39, 0.29) is 11.8 Å². The van der Waals surface area contributed by atoms with E-state index in [9.17, 15) is 9.59 Å². The molecule has 1 saturated heterocycles. The van der Waals surface area contributed by atoms with Crippen molar-refractivity contribution in [3.05, 3.63) is 0 Å². The van der Waals surface area contributed by atoms with E-state index in [1.165, 1.54) is 6.42 Å². The van der Waals surface area contributed by atoms with Gasteiger partial charge in [0.1, 0.15) is 5.54 Å². The molecule has 0 aromatic carbocycles. The van der Waals surface area contributed by atoms with Crippen molar-refractivity contribution in [1.29, 1.82) is 0 Å². The Morgan fingerprint density at radius 1 is 1.29 bits per heavy atom. The molecule has 1 aliphatic heterocycles. The van der Waals surface area contributed by atoms with Gasteiger partial charge in [0.2, 0.25) is 11.8 Å². The molecule has 0 radical (unpaired) electrons. The molecule has 17 heavy (non-hydrogen) atoms. The van der Waals surface area contributed by atoms with Crippen LogP contribution in [0.15, 0.2) is 0 Å². The van der Waals surface area contributed by atoms with Crippen LogP contribution in [0.1, 0.15) is 46.5 Å². The van der Waals surface area contributed by atoms with Gasteiger partial charge in [-0.25, -0.2) is 0 Å². The molecule has 2 atom stereocenters. The standard InChI is InChI=1S/C13H22N2O2/c1-9-4-5-10(8-9)15-7-6-11(16)14-13(2,3)12(15)17/h9-10H,4-8H2,1-3H3,(H,14,16). The van der Waals surface area contributed by atoms with Crippen LogP contribution in [0.25, 0.3) is 0 Å². The molecule has 96 valence electrons. The largest absolute Gasteiger partial charge is 0.342 e. The van der Waals surface area contributed by atoms with E-state index in [4.69, 9.17) is 0 Å². The Balaban J connectivity index is 2.16. The number of nitrogens with one attached hydrogen (secondary N) is 1. The van der Waals surface area contributed by atoms with E-state index in [1.54, 1.807) is 13.8 Å². The lowest BCUT2D eigenvalue weighted by atomic mass is 10.0. The molecule has 0 aromatic heterocycles. The third-order valence-corrected chi connectivity index (χ3v) is 3.94. The molecule has 2 amide bonds. The quantitative estimate of drug-likeness (QED) is 0.748. The van der Waals surface area contributed by atoms with Crippen molar-refractivity contribution in [2.45, 2.75) is 58.0 Å². The van der Waals surface area contributed by atoms with Crippen LogP contribution >= 0.6 is 0 Å². The monoisotopic (exact) mass is 238 g/mol. The van der Waals surface area contributed by atoms with Crippen molar-refractivity contribution in [3.63, 3.8) is 0 Å². The van der Waals surface area contributed by atoms with Crippen LogP contribution < -0.4 is 5.32 Å². The van der Waals surface area contributed by atoms with Crippen molar-refractivity contribution < 1.29 is 9.59 Å². The number of hydrogen-bond acceptors (Lipinski definition) is 2. The molecule has 1 aliphatic carbocycles. The summed E-state index contributed by atoms with van der Waals surface area (Å²) in [7, 11) is 0. The summed E-state index contributed by atoms with van der Waals surface area (Å²) < 4.78 is 0. The maximum absolute atomic E-state index is 12.4. The molecule has 2 fully saturated rings. The van der Waals surface area contributed by atoms with Crippen molar-refractivity contribution in [3.8, 4) is 0 Å². The minimum atomic E-state index is -0.751. The number of nitrogens with zero attached hydrogens (tertiary/aromatic N) is 1. The molecular formula is C13H22N2O2. The van der Waals surface area contributed by atoms with Gasteiger partial charge in [-0.05, 0) is 39.0 Å². The summed E-state index contributed by atoms with van der Waals surface area (Å²) in [5.41, 5.74) is -0.751. The van der Waals surface area contributed by atoms with E-state index < -0.39 is 5.54 Å². The van der Waals surface area contributed by atoms with Gasteiger partial charge in [-0.2, -0.15) is 0 Å². The van der Waals surface area contributed by atoms with E-state index in [0.717, 1.165) is 12.8 Å².